The smallest absolute Gasteiger partial charge is 0.00765 e. The van der Waals surface area contributed by atoms with Gasteiger partial charge in [-0.1, -0.05) is 23.3 Å². The quantitative estimate of drug-likeness (QED) is 0.611. The van der Waals surface area contributed by atoms with Crippen LogP contribution in [-0.4, -0.2) is 6.04 Å². The minimum absolute atomic E-state index is 0.286. The summed E-state index contributed by atoms with van der Waals surface area (Å²) in [5.74, 6) is 0.554. The summed E-state index contributed by atoms with van der Waals surface area (Å²) in [4.78, 5) is 0. The second-order valence-corrected chi connectivity index (χ2v) is 3.50. The van der Waals surface area contributed by atoms with Crippen LogP contribution >= 0.6 is 0 Å². The normalized spacial score (nSPS) is 27.5. The van der Waals surface area contributed by atoms with E-state index < -0.39 is 0 Å². The molecule has 0 fully saturated rings. The van der Waals surface area contributed by atoms with Crippen LogP contribution in [-0.2, 0) is 0 Å². The van der Waals surface area contributed by atoms with Gasteiger partial charge in [0.2, 0.25) is 0 Å². The van der Waals surface area contributed by atoms with Crippen molar-refractivity contribution in [3.63, 3.8) is 0 Å². The molecule has 1 aliphatic carbocycles. The Morgan fingerprint density at radius 1 is 1.45 bits per heavy atom. The van der Waals surface area contributed by atoms with Crippen molar-refractivity contribution in [2.75, 3.05) is 0 Å². The summed E-state index contributed by atoms with van der Waals surface area (Å²) in [6.07, 6.45) is 5.68. The molecular weight excluding hydrogens is 134 g/mol. The van der Waals surface area contributed by atoms with Crippen LogP contribution in [0.3, 0.4) is 0 Å². The molecule has 1 nitrogen and oxygen atoms in total. The Labute approximate surface area is 69.0 Å². The molecule has 0 bridgehead atoms. The number of hydrogen-bond acceptors (Lipinski definition) is 1. The lowest BCUT2D eigenvalue weighted by molar-refractivity contribution is 0.533. The van der Waals surface area contributed by atoms with E-state index in [-0.39, 0.29) is 6.04 Å². The topological polar surface area (TPSA) is 26.0 Å². The Hall–Kier alpha value is -0.560. The molecular formula is C10H17N. The molecule has 0 spiro atoms. The molecule has 62 valence electrons. The molecule has 1 rings (SSSR count). The van der Waals surface area contributed by atoms with Gasteiger partial charge in [-0.25, -0.2) is 0 Å². The molecule has 0 aromatic carbocycles. The molecule has 2 unspecified atom stereocenters. The Morgan fingerprint density at radius 3 is 2.55 bits per heavy atom. The molecule has 0 amide bonds. The predicted octanol–water partition coefficient (Wildman–Crippen LogP) is 2.25. The van der Waals surface area contributed by atoms with E-state index in [2.05, 4.69) is 32.9 Å². The van der Waals surface area contributed by atoms with Crippen LogP contribution in [0.2, 0.25) is 0 Å². The van der Waals surface area contributed by atoms with E-state index in [0.29, 0.717) is 5.92 Å². The van der Waals surface area contributed by atoms with E-state index in [9.17, 15) is 0 Å². The fourth-order valence-corrected chi connectivity index (χ4v) is 1.36. The fourth-order valence-electron chi connectivity index (χ4n) is 1.36. The Balaban J connectivity index is 2.69. The highest BCUT2D eigenvalue weighted by Gasteiger charge is 2.13. The van der Waals surface area contributed by atoms with Crippen LogP contribution in [0, 0.1) is 5.92 Å². The van der Waals surface area contributed by atoms with Gasteiger partial charge in [-0.05, 0) is 33.1 Å². The molecule has 2 N–H and O–H groups in total. The maximum atomic E-state index is 5.80. The average molecular weight is 151 g/mol. The average Bonchev–Trinajstić information content (AvgIpc) is 1.94. The van der Waals surface area contributed by atoms with Gasteiger partial charge in [0, 0.05) is 6.04 Å². The van der Waals surface area contributed by atoms with Gasteiger partial charge in [-0.3, -0.25) is 0 Å². The molecule has 0 saturated carbocycles. The van der Waals surface area contributed by atoms with Crippen LogP contribution in [0.4, 0.5) is 0 Å². The number of allylic oxidation sites excluding steroid dienone is 3. The van der Waals surface area contributed by atoms with Crippen molar-refractivity contribution in [2.45, 2.75) is 33.2 Å². The van der Waals surface area contributed by atoms with E-state index in [1.165, 1.54) is 11.1 Å². The van der Waals surface area contributed by atoms with Crippen LogP contribution in [0.5, 0.6) is 0 Å². The van der Waals surface area contributed by atoms with Gasteiger partial charge >= 0.3 is 0 Å². The summed E-state index contributed by atoms with van der Waals surface area (Å²) in [5.41, 5.74) is 8.59. The summed E-state index contributed by atoms with van der Waals surface area (Å²) in [5, 5.41) is 0. The third kappa shape index (κ3) is 1.93. The van der Waals surface area contributed by atoms with E-state index in [1.807, 2.05) is 0 Å². The molecule has 11 heavy (non-hydrogen) atoms. The lowest BCUT2D eigenvalue weighted by atomic mass is 9.88. The van der Waals surface area contributed by atoms with E-state index in [4.69, 9.17) is 5.73 Å². The lowest BCUT2D eigenvalue weighted by Crippen LogP contribution is -2.26. The minimum Gasteiger partial charge on any atom is -0.327 e. The lowest BCUT2D eigenvalue weighted by Gasteiger charge is -2.21. The maximum absolute atomic E-state index is 5.80. The van der Waals surface area contributed by atoms with Crippen molar-refractivity contribution >= 4 is 0 Å². The third-order valence-corrected chi connectivity index (χ3v) is 2.46. The second kappa shape index (κ2) is 3.22. The molecule has 0 radical (unpaired) electrons. The number of nitrogens with two attached hydrogens (primary N) is 1. The minimum atomic E-state index is 0.286. The van der Waals surface area contributed by atoms with Crippen LogP contribution in [0.15, 0.2) is 23.3 Å². The first-order valence-corrected chi connectivity index (χ1v) is 4.22. The fraction of sp³-hybridized carbons (Fsp3) is 0.600. The second-order valence-electron chi connectivity index (χ2n) is 3.50. The Morgan fingerprint density at radius 2 is 2.09 bits per heavy atom. The molecule has 0 aliphatic heterocycles. The molecule has 1 aliphatic rings. The van der Waals surface area contributed by atoms with E-state index in [0.717, 1.165) is 6.42 Å². The van der Waals surface area contributed by atoms with Gasteiger partial charge in [0.25, 0.3) is 0 Å². The SMILES string of the molecule is CC1=CCC(C(C)N)C=C1C. The molecule has 0 aromatic heterocycles. The van der Waals surface area contributed by atoms with Gasteiger partial charge in [-0.15, -0.1) is 0 Å². The summed E-state index contributed by atoms with van der Waals surface area (Å²) < 4.78 is 0. The Bertz CT molecular complexity index is 199. The van der Waals surface area contributed by atoms with E-state index >= 15 is 0 Å². The first-order chi connectivity index (χ1) is 5.11. The van der Waals surface area contributed by atoms with Crippen molar-refractivity contribution < 1.29 is 0 Å². The molecule has 2 atom stereocenters. The van der Waals surface area contributed by atoms with Gasteiger partial charge in [0.1, 0.15) is 0 Å². The largest absolute Gasteiger partial charge is 0.327 e. The highest BCUT2D eigenvalue weighted by Crippen LogP contribution is 2.23. The molecule has 0 saturated heterocycles. The monoisotopic (exact) mass is 151 g/mol. The highest BCUT2D eigenvalue weighted by molar-refractivity contribution is 5.31. The van der Waals surface area contributed by atoms with Crippen molar-refractivity contribution in [3.8, 4) is 0 Å². The van der Waals surface area contributed by atoms with Crippen LogP contribution in [0.25, 0.3) is 0 Å². The van der Waals surface area contributed by atoms with Gasteiger partial charge < -0.3 is 5.73 Å². The highest BCUT2D eigenvalue weighted by atomic mass is 14.6. The first kappa shape index (κ1) is 8.54. The summed E-state index contributed by atoms with van der Waals surface area (Å²) >= 11 is 0. The predicted molar refractivity (Wildman–Crippen MR) is 49.3 cm³/mol. The zero-order chi connectivity index (χ0) is 8.43. The zero-order valence-electron chi connectivity index (χ0n) is 7.59. The molecule has 1 heteroatoms. The number of rotatable bonds is 1. The molecule has 0 aromatic rings. The Kier molecular flexibility index (Phi) is 2.50. The standard InChI is InChI=1S/C10H17N/c1-7-4-5-10(9(3)11)6-8(7)2/h4,6,9-10H,5,11H2,1-3H3. The van der Waals surface area contributed by atoms with Crippen LogP contribution < -0.4 is 5.73 Å². The van der Waals surface area contributed by atoms with E-state index in [1.54, 1.807) is 0 Å². The van der Waals surface area contributed by atoms with Gasteiger partial charge in [-0.2, -0.15) is 0 Å². The molecule has 0 heterocycles. The van der Waals surface area contributed by atoms with Gasteiger partial charge in [0.05, 0.1) is 0 Å². The van der Waals surface area contributed by atoms with Crippen molar-refractivity contribution in [1.82, 2.24) is 0 Å². The van der Waals surface area contributed by atoms with Crippen molar-refractivity contribution in [2.24, 2.45) is 11.7 Å². The van der Waals surface area contributed by atoms with Crippen LogP contribution in [0.1, 0.15) is 27.2 Å². The summed E-state index contributed by atoms with van der Waals surface area (Å²) in [7, 11) is 0. The number of hydrogen-bond donors (Lipinski definition) is 1. The third-order valence-electron chi connectivity index (χ3n) is 2.46. The van der Waals surface area contributed by atoms with Crippen molar-refractivity contribution in [3.05, 3.63) is 23.3 Å². The van der Waals surface area contributed by atoms with Crippen molar-refractivity contribution in [1.29, 1.82) is 0 Å². The van der Waals surface area contributed by atoms with Gasteiger partial charge in [0.15, 0.2) is 0 Å². The first-order valence-electron chi connectivity index (χ1n) is 4.22. The summed E-state index contributed by atoms with van der Waals surface area (Å²) in [6.45, 7) is 6.38. The maximum Gasteiger partial charge on any atom is 0.00765 e. The summed E-state index contributed by atoms with van der Waals surface area (Å²) in [6, 6.07) is 0.286. The zero-order valence-corrected chi connectivity index (χ0v) is 7.59.